The van der Waals surface area contributed by atoms with Gasteiger partial charge in [0.2, 0.25) is 0 Å². The average Bonchev–Trinajstić information content (AvgIpc) is 2.36. The summed E-state index contributed by atoms with van der Waals surface area (Å²) in [6, 6.07) is 12.8. The van der Waals surface area contributed by atoms with Gasteiger partial charge in [-0.25, -0.2) is 0 Å². The molecule has 0 aliphatic carbocycles. The van der Waals surface area contributed by atoms with Gasteiger partial charge in [0.1, 0.15) is 0 Å². The molecule has 0 amide bonds. The summed E-state index contributed by atoms with van der Waals surface area (Å²) in [6.07, 6.45) is 2.08. The van der Waals surface area contributed by atoms with Crippen LogP contribution in [-0.2, 0) is 13.0 Å². The van der Waals surface area contributed by atoms with Crippen LogP contribution in [0.2, 0.25) is 0 Å². The lowest BCUT2D eigenvalue weighted by molar-refractivity contribution is 0.837. The van der Waals surface area contributed by atoms with Crippen LogP contribution in [0.5, 0.6) is 0 Å². The van der Waals surface area contributed by atoms with Crippen molar-refractivity contribution < 1.29 is 0 Å². The van der Waals surface area contributed by atoms with Crippen molar-refractivity contribution in [2.24, 2.45) is 11.5 Å². The molecule has 2 heteroatoms. The highest BCUT2D eigenvalue weighted by Crippen LogP contribution is 2.23. The van der Waals surface area contributed by atoms with Crippen LogP contribution in [0, 0.1) is 0 Å². The first-order valence-corrected chi connectivity index (χ1v) is 5.76. The highest BCUT2D eigenvalue weighted by Gasteiger charge is 2.03. The van der Waals surface area contributed by atoms with Crippen molar-refractivity contribution in [2.75, 3.05) is 6.54 Å². The Bertz CT molecular complexity index is 477. The molecule has 2 rings (SSSR count). The third-order valence-electron chi connectivity index (χ3n) is 2.97. The molecule has 84 valence electrons. The lowest BCUT2D eigenvalue weighted by atomic mass is 9.97. The highest BCUT2D eigenvalue weighted by atomic mass is 14.5. The van der Waals surface area contributed by atoms with Gasteiger partial charge in [0.05, 0.1) is 0 Å². The van der Waals surface area contributed by atoms with Crippen LogP contribution in [0.15, 0.2) is 36.4 Å². The predicted octanol–water partition coefficient (Wildman–Crippen LogP) is 2.19. The quantitative estimate of drug-likeness (QED) is 0.819. The number of hydrogen-bond acceptors (Lipinski definition) is 2. The molecule has 2 nitrogen and oxygen atoms in total. The van der Waals surface area contributed by atoms with E-state index in [1.165, 1.54) is 21.9 Å². The standard InChI is InChI=1S/C14H18N2/c15-9-3-4-11-7-8-12(10-16)14-6-2-1-5-13(11)14/h1-2,5-8H,3-4,9-10,15-16H2. The van der Waals surface area contributed by atoms with Gasteiger partial charge in [-0.05, 0) is 41.3 Å². The summed E-state index contributed by atoms with van der Waals surface area (Å²) >= 11 is 0. The van der Waals surface area contributed by atoms with Crippen LogP contribution in [0.25, 0.3) is 10.8 Å². The molecule has 2 aromatic carbocycles. The second-order valence-corrected chi connectivity index (χ2v) is 4.03. The Morgan fingerprint density at radius 2 is 1.44 bits per heavy atom. The summed E-state index contributed by atoms with van der Waals surface area (Å²) < 4.78 is 0. The van der Waals surface area contributed by atoms with E-state index in [0.717, 1.165) is 19.4 Å². The molecule has 0 atom stereocenters. The largest absolute Gasteiger partial charge is 0.330 e. The molecule has 2 aromatic rings. The third kappa shape index (κ3) is 2.08. The van der Waals surface area contributed by atoms with E-state index in [1.54, 1.807) is 0 Å². The Kier molecular flexibility index (Phi) is 3.54. The maximum absolute atomic E-state index is 5.75. The maximum Gasteiger partial charge on any atom is 0.0184 e. The summed E-state index contributed by atoms with van der Waals surface area (Å²) in [4.78, 5) is 0. The van der Waals surface area contributed by atoms with Gasteiger partial charge in [-0.3, -0.25) is 0 Å². The second kappa shape index (κ2) is 5.10. The molecule has 0 aliphatic heterocycles. The number of fused-ring (bicyclic) bond motifs is 1. The molecule has 0 fully saturated rings. The molecule has 0 heterocycles. The van der Waals surface area contributed by atoms with Crippen LogP contribution >= 0.6 is 0 Å². The minimum Gasteiger partial charge on any atom is -0.330 e. The molecule has 0 bridgehead atoms. The summed E-state index contributed by atoms with van der Waals surface area (Å²) in [5.74, 6) is 0. The van der Waals surface area contributed by atoms with Crippen molar-refractivity contribution in [3.8, 4) is 0 Å². The summed E-state index contributed by atoms with van der Waals surface area (Å²) in [7, 11) is 0. The first-order valence-electron chi connectivity index (χ1n) is 5.76. The maximum atomic E-state index is 5.75. The van der Waals surface area contributed by atoms with Crippen LogP contribution in [0.1, 0.15) is 17.5 Å². The number of benzene rings is 2. The lowest BCUT2D eigenvalue weighted by Gasteiger charge is -2.09. The zero-order valence-corrected chi connectivity index (χ0v) is 9.45. The van der Waals surface area contributed by atoms with Crippen molar-refractivity contribution in [3.05, 3.63) is 47.5 Å². The molecule has 0 spiro atoms. The zero-order valence-electron chi connectivity index (χ0n) is 9.45. The minimum atomic E-state index is 0.595. The highest BCUT2D eigenvalue weighted by molar-refractivity contribution is 5.88. The van der Waals surface area contributed by atoms with E-state index in [0.29, 0.717) is 6.54 Å². The monoisotopic (exact) mass is 214 g/mol. The predicted molar refractivity (Wildman–Crippen MR) is 69.2 cm³/mol. The average molecular weight is 214 g/mol. The molecule has 0 unspecified atom stereocenters. The first kappa shape index (κ1) is 11.1. The number of rotatable bonds is 4. The number of nitrogens with two attached hydrogens (primary N) is 2. The zero-order chi connectivity index (χ0) is 11.4. The summed E-state index contributed by atoms with van der Waals surface area (Å²) in [5, 5.41) is 2.60. The molecule has 0 aliphatic rings. The molecule has 0 saturated carbocycles. The second-order valence-electron chi connectivity index (χ2n) is 4.03. The fraction of sp³-hybridized carbons (Fsp3) is 0.286. The van der Waals surface area contributed by atoms with E-state index >= 15 is 0 Å². The number of aryl methyl sites for hydroxylation is 1. The van der Waals surface area contributed by atoms with E-state index in [4.69, 9.17) is 11.5 Å². The Hall–Kier alpha value is -1.38. The van der Waals surface area contributed by atoms with E-state index in [9.17, 15) is 0 Å². The molecule has 0 aromatic heterocycles. The SMILES string of the molecule is NCCCc1ccc(CN)c2ccccc12. The molecule has 0 radical (unpaired) electrons. The van der Waals surface area contributed by atoms with E-state index in [-0.39, 0.29) is 0 Å². The van der Waals surface area contributed by atoms with Crippen molar-refractivity contribution >= 4 is 10.8 Å². The van der Waals surface area contributed by atoms with Crippen molar-refractivity contribution in [2.45, 2.75) is 19.4 Å². The number of hydrogen-bond donors (Lipinski definition) is 2. The Balaban J connectivity index is 2.51. The van der Waals surface area contributed by atoms with E-state index in [1.807, 2.05) is 0 Å². The summed E-state index contributed by atoms with van der Waals surface area (Å²) in [6.45, 7) is 1.34. The van der Waals surface area contributed by atoms with Gasteiger partial charge in [-0.1, -0.05) is 36.4 Å². The van der Waals surface area contributed by atoms with Crippen molar-refractivity contribution in [3.63, 3.8) is 0 Å². The van der Waals surface area contributed by atoms with Gasteiger partial charge >= 0.3 is 0 Å². The van der Waals surface area contributed by atoms with Gasteiger partial charge in [0.15, 0.2) is 0 Å². The fourth-order valence-corrected chi connectivity index (χ4v) is 2.11. The first-order chi connectivity index (χ1) is 7.86. The molecule has 4 N–H and O–H groups in total. The van der Waals surface area contributed by atoms with Crippen molar-refractivity contribution in [1.82, 2.24) is 0 Å². The van der Waals surface area contributed by atoms with Crippen LogP contribution in [-0.4, -0.2) is 6.54 Å². The summed E-state index contributed by atoms with van der Waals surface area (Å²) in [5.41, 5.74) is 13.9. The van der Waals surface area contributed by atoms with Crippen LogP contribution in [0.4, 0.5) is 0 Å². The van der Waals surface area contributed by atoms with Crippen LogP contribution < -0.4 is 11.5 Å². The smallest absolute Gasteiger partial charge is 0.0184 e. The van der Waals surface area contributed by atoms with E-state index < -0.39 is 0 Å². The fourth-order valence-electron chi connectivity index (χ4n) is 2.11. The Labute approximate surface area is 96.3 Å². The van der Waals surface area contributed by atoms with Crippen molar-refractivity contribution in [1.29, 1.82) is 0 Å². The van der Waals surface area contributed by atoms with Gasteiger partial charge in [0.25, 0.3) is 0 Å². The minimum absolute atomic E-state index is 0.595. The van der Waals surface area contributed by atoms with Gasteiger partial charge in [-0.2, -0.15) is 0 Å². The van der Waals surface area contributed by atoms with Gasteiger partial charge < -0.3 is 11.5 Å². The lowest BCUT2D eigenvalue weighted by Crippen LogP contribution is -2.02. The van der Waals surface area contributed by atoms with Gasteiger partial charge in [-0.15, -0.1) is 0 Å². The Morgan fingerprint density at radius 3 is 2.06 bits per heavy atom. The normalized spacial score (nSPS) is 10.9. The van der Waals surface area contributed by atoms with E-state index in [2.05, 4.69) is 36.4 Å². The Morgan fingerprint density at radius 1 is 0.812 bits per heavy atom. The molecule has 16 heavy (non-hydrogen) atoms. The molecular weight excluding hydrogens is 196 g/mol. The third-order valence-corrected chi connectivity index (χ3v) is 2.97. The van der Waals surface area contributed by atoms with Gasteiger partial charge in [0, 0.05) is 6.54 Å². The molecular formula is C14H18N2. The van der Waals surface area contributed by atoms with Crippen LogP contribution in [0.3, 0.4) is 0 Å². The topological polar surface area (TPSA) is 52.0 Å². The molecule has 0 saturated heterocycles.